The molecule has 1 saturated heterocycles. The van der Waals surface area contributed by atoms with Crippen LogP contribution in [0.25, 0.3) is 0 Å². The predicted molar refractivity (Wildman–Crippen MR) is 33.7 cm³/mol. The molecule has 1 aliphatic heterocycles. The van der Waals surface area contributed by atoms with Gasteiger partial charge < -0.3 is 4.74 Å². The van der Waals surface area contributed by atoms with Crippen LogP contribution in [0.5, 0.6) is 0 Å². The molecule has 1 fully saturated rings. The molecule has 9 heavy (non-hydrogen) atoms. The molecule has 0 aromatic carbocycles. The molecule has 0 spiro atoms. The van der Waals surface area contributed by atoms with Gasteiger partial charge in [-0.1, -0.05) is 12.8 Å². The van der Waals surface area contributed by atoms with E-state index in [2.05, 4.69) is 0 Å². The Morgan fingerprint density at radius 1 is 1.33 bits per heavy atom. The van der Waals surface area contributed by atoms with E-state index in [0.717, 1.165) is 19.3 Å². The summed E-state index contributed by atoms with van der Waals surface area (Å²) in [5, 5.41) is 0. The molecule has 0 saturated carbocycles. The van der Waals surface area contributed by atoms with Gasteiger partial charge in [-0.3, -0.25) is 4.79 Å². The van der Waals surface area contributed by atoms with Crippen LogP contribution >= 0.6 is 0 Å². The van der Waals surface area contributed by atoms with Crippen LogP contribution < -0.4 is 0 Å². The van der Waals surface area contributed by atoms with Crippen LogP contribution in [0, 0.1) is 6.42 Å². The lowest BCUT2D eigenvalue weighted by Crippen LogP contribution is -2.08. The van der Waals surface area contributed by atoms with Crippen molar-refractivity contribution < 1.29 is 9.53 Å². The van der Waals surface area contributed by atoms with E-state index in [4.69, 9.17) is 4.74 Å². The lowest BCUT2D eigenvalue weighted by molar-refractivity contribution is -0.140. The minimum absolute atomic E-state index is 0.144. The third kappa shape index (κ3) is 2.49. The van der Waals surface area contributed by atoms with Crippen molar-refractivity contribution in [3.8, 4) is 0 Å². The smallest absolute Gasteiger partial charge is 0.309 e. The minimum atomic E-state index is -0.144. The summed E-state index contributed by atoms with van der Waals surface area (Å²) in [6.45, 7) is 0.606. The second-order valence-corrected chi connectivity index (χ2v) is 2.22. The van der Waals surface area contributed by atoms with Crippen LogP contribution in [0.1, 0.15) is 25.7 Å². The average molecular weight is 127 g/mol. The van der Waals surface area contributed by atoms with Crippen LogP contribution in [-0.4, -0.2) is 12.6 Å². The first-order valence-electron chi connectivity index (χ1n) is 3.39. The molecule has 1 aliphatic rings. The molecule has 0 bridgehead atoms. The number of hydrogen-bond acceptors (Lipinski definition) is 2. The highest BCUT2D eigenvalue weighted by Crippen LogP contribution is 2.07. The molecule has 0 N–H and O–H groups in total. The Labute approximate surface area is 55.2 Å². The number of carbonyl (C=O) groups is 1. The zero-order valence-corrected chi connectivity index (χ0v) is 5.43. The summed E-state index contributed by atoms with van der Waals surface area (Å²) in [5.74, 6) is -0.144. The lowest BCUT2D eigenvalue weighted by Gasteiger charge is -2.07. The van der Waals surface area contributed by atoms with Crippen molar-refractivity contribution >= 4 is 5.97 Å². The number of carbonyl (C=O) groups excluding carboxylic acids is 1. The van der Waals surface area contributed by atoms with Gasteiger partial charge in [-0.15, -0.1) is 0 Å². The van der Waals surface area contributed by atoms with E-state index < -0.39 is 0 Å². The summed E-state index contributed by atoms with van der Waals surface area (Å²) in [7, 11) is 0. The van der Waals surface area contributed by atoms with Crippen molar-refractivity contribution in [2.45, 2.75) is 25.7 Å². The van der Waals surface area contributed by atoms with Crippen molar-refractivity contribution in [3.63, 3.8) is 0 Å². The summed E-state index contributed by atoms with van der Waals surface area (Å²) in [4.78, 5) is 10.6. The van der Waals surface area contributed by atoms with Gasteiger partial charge in [-0.05, 0) is 12.8 Å². The molecule has 51 valence electrons. The van der Waals surface area contributed by atoms with Gasteiger partial charge >= 0.3 is 5.97 Å². The quantitative estimate of drug-likeness (QED) is 0.458. The monoisotopic (exact) mass is 127 g/mol. The first kappa shape index (κ1) is 6.59. The minimum Gasteiger partial charge on any atom is -0.465 e. The summed E-state index contributed by atoms with van der Waals surface area (Å²) in [6, 6.07) is 0. The van der Waals surface area contributed by atoms with Crippen LogP contribution in [0.15, 0.2) is 0 Å². The summed E-state index contributed by atoms with van der Waals surface area (Å²) >= 11 is 0. The molecule has 0 aliphatic carbocycles. The highest BCUT2D eigenvalue weighted by molar-refractivity contribution is 5.78. The third-order valence-corrected chi connectivity index (χ3v) is 1.40. The van der Waals surface area contributed by atoms with E-state index in [1.165, 1.54) is 6.42 Å². The van der Waals surface area contributed by atoms with Crippen molar-refractivity contribution in [1.29, 1.82) is 0 Å². The number of hydrogen-bond donors (Lipinski definition) is 0. The van der Waals surface area contributed by atoms with E-state index in [0.29, 0.717) is 6.61 Å². The molecular weight excluding hydrogens is 116 g/mol. The molecule has 1 heterocycles. The topological polar surface area (TPSA) is 26.3 Å². The molecule has 0 aromatic heterocycles. The molecular formula is C7H11O2. The van der Waals surface area contributed by atoms with Gasteiger partial charge in [-0.25, -0.2) is 0 Å². The fourth-order valence-electron chi connectivity index (χ4n) is 0.875. The van der Waals surface area contributed by atoms with Crippen LogP contribution in [0.2, 0.25) is 0 Å². The maximum Gasteiger partial charge on any atom is 0.309 e. The standard InChI is InChI=1S/C7H11O2/c8-7-5-3-1-2-4-6-9-7/h5H,1-4,6H2. The first-order valence-corrected chi connectivity index (χ1v) is 3.39. The van der Waals surface area contributed by atoms with E-state index in [1.807, 2.05) is 0 Å². The Morgan fingerprint density at radius 2 is 2.22 bits per heavy atom. The van der Waals surface area contributed by atoms with E-state index in [-0.39, 0.29) is 5.97 Å². The molecule has 1 rings (SSSR count). The van der Waals surface area contributed by atoms with Gasteiger partial charge in [0.15, 0.2) is 0 Å². The third-order valence-electron chi connectivity index (χ3n) is 1.40. The van der Waals surface area contributed by atoms with E-state index in [9.17, 15) is 4.79 Å². The molecule has 2 heteroatoms. The van der Waals surface area contributed by atoms with Gasteiger partial charge in [0.1, 0.15) is 0 Å². The zero-order valence-electron chi connectivity index (χ0n) is 5.43. The van der Waals surface area contributed by atoms with Crippen molar-refractivity contribution in [2.75, 3.05) is 6.61 Å². The van der Waals surface area contributed by atoms with Gasteiger partial charge in [0, 0.05) is 0 Å². The fraction of sp³-hybridized carbons (Fsp3) is 0.714. The molecule has 0 aromatic rings. The molecule has 1 radical (unpaired) electrons. The summed E-state index contributed by atoms with van der Waals surface area (Å²) < 4.78 is 4.79. The normalized spacial score (nSPS) is 22.0. The van der Waals surface area contributed by atoms with Crippen molar-refractivity contribution in [1.82, 2.24) is 0 Å². The number of ether oxygens (including phenoxy) is 1. The van der Waals surface area contributed by atoms with Crippen molar-refractivity contribution in [2.24, 2.45) is 0 Å². The fourth-order valence-corrected chi connectivity index (χ4v) is 0.875. The number of cyclic esters (lactones) is 1. The highest BCUT2D eigenvalue weighted by Gasteiger charge is 2.05. The van der Waals surface area contributed by atoms with Crippen LogP contribution in [0.4, 0.5) is 0 Å². The lowest BCUT2D eigenvalue weighted by atomic mass is 10.1. The number of rotatable bonds is 0. The Bertz CT molecular complexity index is 89.1. The zero-order chi connectivity index (χ0) is 6.53. The van der Waals surface area contributed by atoms with E-state index in [1.54, 1.807) is 6.42 Å². The molecule has 0 unspecified atom stereocenters. The number of esters is 1. The average Bonchev–Trinajstić information content (AvgIpc) is 1.79. The van der Waals surface area contributed by atoms with Gasteiger partial charge in [-0.2, -0.15) is 0 Å². The Kier molecular flexibility index (Phi) is 2.55. The Morgan fingerprint density at radius 3 is 3.11 bits per heavy atom. The van der Waals surface area contributed by atoms with E-state index >= 15 is 0 Å². The van der Waals surface area contributed by atoms with Crippen molar-refractivity contribution in [3.05, 3.63) is 6.42 Å². The second kappa shape index (κ2) is 3.49. The molecule has 2 nitrogen and oxygen atoms in total. The Hall–Kier alpha value is -0.530. The molecule has 0 amide bonds. The van der Waals surface area contributed by atoms with Gasteiger partial charge in [0.05, 0.1) is 13.0 Å². The second-order valence-electron chi connectivity index (χ2n) is 2.22. The maximum atomic E-state index is 10.6. The molecule has 0 atom stereocenters. The van der Waals surface area contributed by atoms with Gasteiger partial charge in [0.2, 0.25) is 0 Å². The predicted octanol–water partition coefficient (Wildman–Crippen LogP) is 1.31. The van der Waals surface area contributed by atoms with Crippen LogP contribution in [-0.2, 0) is 9.53 Å². The Balaban J connectivity index is 2.20. The summed E-state index contributed by atoms with van der Waals surface area (Å²) in [6.07, 6.45) is 5.86. The largest absolute Gasteiger partial charge is 0.465 e. The SMILES string of the molecule is O=C1[CH]CCCCCO1. The van der Waals surface area contributed by atoms with Crippen LogP contribution in [0.3, 0.4) is 0 Å². The maximum absolute atomic E-state index is 10.6. The summed E-state index contributed by atoms with van der Waals surface area (Å²) in [5.41, 5.74) is 0. The van der Waals surface area contributed by atoms with Gasteiger partial charge in [0.25, 0.3) is 0 Å². The first-order chi connectivity index (χ1) is 4.39. The highest BCUT2D eigenvalue weighted by atomic mass is 16.5.